The van der Waals surface area contributed by atoms with Gasteiger partial charge in [-0.25, -0.2) is 22.0 Å². The van der Waals surface area contributed by atoms with Gasteiger partial charge in [0, 0.05) is 17.3 Å². The van der Waals surface area contributed by atoms with Crippen LogP contribution in [0.4, 0.5) is 5.69 Å². The van der Waals surface area contributed by atoms with Crippen LogP contribution in [0.1, 0.15) is 29.8 Å². The minimum absolute atomic E-state index is 0.0856. The van der Waals surface area contributed by atoms with Gasteiger partial charge in [0.25, 0.3) is 15.9 Å². The number of hydrogen-bond donors (Lipinski definition) is 3. The van der Waals surface area contributed by atoms with Crippen LogP contribution in [0.25, 0.3) is 0 Å². The molecule has 0 radical (unpaired) electrons. The molecule has 0 spiro atoms. The molecular weight excluding hydrogens is 390 g/mol. The van der Waals surface area contributed by atoms with E-state index in [1.165, 1.54) is 36.4 Å². The summed E-state index contributed by atoms with van der Waals surface area (Å²) in [5.74, 6) is -0.364. The first-order valence-corrected chi connectivity index (χ1v) is 11.0. The molecule has 4 N–H and O–H groups in total. The van der Waals surface area contributed by atoms with Crippen LogP contribution in [0.5, 0.6) is 0 Å². The molecule has 2 aromatic rings. The molecule has 2 rings (SSSR count). The average molecular weight is 412 g/mol. The van der Waals surface area contributed by atoms with E-state index in [2.05, 4.69) is 10.0 Å². The van der Waals surface area contributed by atoms with E-state index in [9.17, 15) is 21.6 Å². The van der Waals surface area contributed by atoms with Crippen molar-refractivity contribution in [1.29, 1.82) is 0 Å². The largest absolute Gasteiger partial charge is 0.350 e. The number of aryl methyl sites for hydroxylation is 1. The number of carbonyl (C=O) groups excluding carboxylic acids is 1. The van der Waals surface area contributed by atoms with Gasteiger partial charge in [-0.3, -0.25) is 9.52 Å². The summed E-state index contributed by atoms with van der Waals surface area (Å²) in [6.07, 6.45) is 0. The maximum atomic E-state index is 12.6. The van der Waals surface area contributed by atoms with Crippen molar-refractivity contribution in [1.82, 2.24) is 5.32 Å². The Hall–Kier alpha value is -2.43. The van der Waals surface area contributed by atoms with E-state index < -0.39 is 20.0 Å². The van der Waals surface area contributed by atoms with Gasteiger partial charge in [0.15, 0.2) is 0 Å². The molecule has 0 atom stereocenters. The first-order valence-electron chi connectivity index (χ1n) is 7.97. The molecule has 0 unspecified atom stereocenters. The van der Waals surface area contributed by atoms with Gasteiger partial charge in [-0.2, -0.15) is 0 Å². The van der Waals surface area contributed by atoms with Gasteiger partial charge in [0.05, 0.1) is 9.79 Å². The second kappa shape index (κ2) is 7.67. The Morgan fingerprint density at radius 2 is 1.52 bits per heavy atom. The van der Waals surface area contributed by atoms with Crippen molar-refractivity contribution in [3.8, 4) is 0 Å². The van der Waals surface area contributed by atoms with Crippen LogP contribution in [0.3, 0.4) is 0 Å². The Kier molecular flexibility index (Phi) is 5.93. The lowest BCUT2D eigenvalue weighted by Crippen LogP contribution is -2.30. The molecule has 0 heterocycles. The molecule has 0 saturated carbocycles. The molecule has 146 valence electrons. The molecule has 0 fully saturated rings. The molecule has 2 aromatic carbocycles. The summed E-state index contributed by atoms with van der Waals surface area (Å²) in [6.45, 7) is 5.33. The van der Waals surface area contributed by atoms with Crippen molar-refractivity contribution in [3.63, 3.8) is 0 Å². The number of sulfonamides is 2. The normalized spacial score (nSPS) is 12.0. The van der Waals surface area contributed by atoms with E-state index in [1.54, 1.807) is 26.8 Å². The van der Waals surface area contributed by atoms with Crippen LogP contribution < -0.4 is 15.2 Å². The first kappa shape index (κ1) is 20.9. The Labute approximate surface area is 158 Å². The number of anilines is 1. The molecule has 27 heavy (non-hydrogen) atoms. The lowest BCUT2D eigenvalue weighted by Gasteiger charge is -2.13. The van der Waals surface area contributed by atoms with Gasteiger partial charge in [-0.1, -0.05) is 6.07 Å². The Morgan fingerprint density at radius 1 is 0.963 bits per heavy atom. The van der Waals surface area contributed by atoms with Crippen molar-refractivity contribution in [2.75, 3.05) is 4.72 Å². The highest BCUT2D eigenvalue weighted by Crippen LogP contribution is 2.20. The lowest BCUT2D eigenvalue weighted by molar-refractivity contribution is 0.0942. The van der Waals surface area contributed by atoms with Crippen LogP contribution >= 0.6 is 0 Å². The summed E-state index contributed by atoms with van der Waals surface area (Å²) < 4.78 is 50.1. The van der Waals surface area contributed by atoms with E-state index in [0.29, 0.717) is 5.56 Å². The molecule has 0 bridgehead atoms. The number of carbonyl (C=O) groups is 1. The predicted molar refractivity (Wildman–Crippen MR) is 102 cm³/mol. The number of nitrogens with one attached hydrogen (secondary N) is 2. The Morgan fingerprint density at radius 3 is 2.04 bits per heavy atom. The molecular formula is C17H21N3O5S2. The first-order chi connectivity index (χ1) is 12.4. The number of amides is 1. The van der Waals surface area contributed by atoms with Crippen LogP contribution in [-0.4, -0.2) is 28.8 Å². The van der Waals surface area contributed by atoms with Crippen molar-refractivity contribution < 1.29 is 21.6 Å². The molecule has 1 amide bonds. The average Bonchev–Trinajstić information content (AvgIpc) is 2.53. The number of benzene rings is 2. The van der Waals surface area contributed by atoms with Gasteiger partial charge in [-0.05, 0) is 62.7 Å². The van der Waals surface area contributed by atoms with Crippen molar-refractivity contribution in [2.24, 2.45) is 5.14 Å². The molecule has 0 aliphatic rings. The highest BCUT2D eigenvalue weighted by atomic mass is 32.2. The molecule has 10 heteroatoms. The maximum Gasteiger partial charge on any atom is 0.261 e. The summed E-state index contributed by atoms with van der Waals surface area (Å²) in [6, 6.07) is 9.13. The smallest absolute Gasteiger partial charge is 0.261 e. The quantitative estimate of drug-likeness (QED) is 0.663. The van der Waals surface area contributed by atoms with Gasteiger partial charge in [-0.15, -0.1) is 0 Å². The van der Waals surface area contributed by atoms with Crippen LogP contribution in [0.15, 0.2) is 52.3 Å². The third-order valence-corrected chi connectivity index (χ3v) is 5.93. The number of primary sulfonamides is 1. The van der Waals surface area contributed by atoms with Gasteiger partial charge in [0.2, 0.25) is 10.0 Å². The maximum absolute atomic E-state index is 12.6. The monoisotopic (exact) mass is 411 g/mol. The number of hydrogen-bond acceptors (Lipinski definition) is 5. The van der Waals surface area contributed by atoms with Gasteiger partial charge >= 0.3 is 0 Å². The zero-order valence-electron chi connectivity index (χ0n) is 15.1. The van der Waals surface area contributed by atoms with E-state index in [0.717, 1.165) is 0 Å². The van der Waals surface area contributed by atoms with Crippen molar-refractivity contribution in [3.05, 3.63) is 53.6 Å². The number of rotatable bonds is 6. The SMILES string of the molecule is Cc1ccc(S(=O)(=O)Nc2ccc(S(N)(=O)=O)cc2)cc1C(=O)NC(C)C. The standard InChI is InChI=1S/C17H21N3O5S2/c1-11(2)19-17(21)16-10-15(7-4-12(16)3)27(24,25)20-13-5-8-14(9-6-13)26(18,22)23/h4-11,20H,1-3H3,(H,19,21)(H2,18,22,23). The summed E-state index contributed by atoms with van der Waals surface area (Å²) in [4.78, 5) is 12.0. The van der Waals surface area contributed by atoms with E-state index >= 15 is 0 Å². The highest BCUT2D eigenvalue weighted by molar-refractivity contribution is 7.92. The molecule has 0 aliphatic carbocycles. The fraction of sp³-hybridized carbons (Fsp3) is 0.235. The third-order valence-electron chi connectivity index (χ3n) is 3.62. The lowest BCUT2D eigenvalue weighted by atomic mass is 10.1. The second-order valence-electron chi connectivity index (χ2n) is 6.28. The zero-order valence-corrected chi connectivity index (χ0v) is 16.7. The van der Waals surface area contributed by atoms with Gasteiger partial charge in [0.1, 0.15) is 0 Å². The third kappa shape index (κ3) is 5.28. The van der Waals surface area contributed by atoms with Crippen LogP contribution in [-0.2, 0) is 20.0 Å². The van der Waals surface area contributed by atoms with E-state index in [1.807, 2.05) is 0 Å². The summed E-state index contributed by atoms with van der Waals surface area (Å²) in [5.41, 5.74) is 1.07. The Bertz CT molecular complexity index is 1060. The predicted octanol–water partition coefficient (Wildman–Crippen LogP) is 1.58. The van der Waals surface area contributed by atoms with Crippen molar-refractivity contribution in [2.45, 2.75) is 36.6 Å². The minimum Gasteiger partial charge on any atom is -0.350 e. The second-order valence-corrected chi connectivity index (χ2v) is 9.52. The Balaban J connectivity index is 2.32. The van der Waals surface area contributed by atoms with Crippen LogP contribution in [0.2, 0.25) is 0 Å². The van der Waals surface area contributed by atoms with Gasteiger partial charge < -0.3 is 5.32 Å². The summed E-state index contributed by atoms with van der Waals surface area (Å²) >= 11 is 0. The molecule has 0 aromatic heterocycles. The van der Waals surface area contributed by atoms with Crippen LogP contribution in [0, 0.1) is 6.92 Å². The minimum atomic E-state index is -3.97. The van der Waals surface area contributed by atoms with E-state index in [4.69, 9.17) is 5.14 Å². The number of nitrogens with two attached hydrogens (primary N) is 1. The van der Waals surface area contributed by atoms with Crippen molar-refractivity contribution >= 4 is 31.6 Å². The topological polar surface area (TPSA) is 135 Å². The fourth-order valence-corrected chi connectivity index (χ4v) is 3.88. The molecule has 8 nitrogen and oxygen atoms in total. The molecule has 0 aliphatic heterocycles. The van der Waals surface area contributed by atoms with E-state index in [-0.39, 0.29) is 33.0 Å². The highest BCUT2D eigenvalue weighted by Gasteiger charge is 2.19. The fourth-order valence-electron chi connectivity index (χ4n) is 2.28. The zero-order chi connectivity index (χ0) is 20.4. The molecule has 0 saturated heterocycles. The summed E-state index contributed by atoms with van der Waals surface area (Å²) in [5, 5.41) is 7.74. The summed E-state index contributed by atoms with van der Waals surface area (Å²) in [7, 11) is -7.84.